The number of amides is 1. The number of morpholine rings is 1. The molecule has 0 aliphatic carbocycles. The van der Waals surface area contributed by atoms with Gasteiger partial charge >= 0.3 is 0 Å². The average molecular weight is 403 g/mol. The maximum atomic E-state index is 13.2. The molecule has 0 spiro atoms. The summed E-state index contributed by atoms with van der Waals surface area (Å²) in [6.45, 7) is 2.89. The lowest BCUT2D eigenvalue weighted by Crippen LogP contribution is -2.36. The molecule has 4 rings (SSSR count). The molecular weight excluding hydrogens is 382 g/mol. The highest BCUT2D eigenvalue weighted by molar-refractivity contribution is 7.93. The van der Waals surface area contributed by atoms with E-state index in [1.165, 1.54) is 10.4 Å². The predicted octanol–water partition coefficient (Wildman–Crippen LogP) is 1.67. The van der Waals surface area contributed by atoms with E-state index in [1.54, 1.807) is 35.8 Å². The van der Waals surface area contributed by atoms with Crippen LogP contribution in [0.15, 0.2) is 53.4 Å². The Morgan fingerprint density at radius 1 is 1.07 bits per heavy atom. The lowest BCUT2D eigenvalue weighted by molar-refractivity contribution is -0.129. The molecule has 9 heteroatoms. The number of nitrogens with one attached hydrogen (secondary N) is 1. The number of fused-ring (bicyclic) bond motifs is 1. The number of sulfonamides is 1. The number of hydrogen-bond donors (Lipinski definition) is 2. The van der Waals surface area contributed by atoms with Crippen LogP contribution in [0.4, 0.5) is 11.4 Å². The largest absolute Gasteiger partial charge is 0.378 e. The van der Waals surface area contributed by atoms with E-state index >= 15 is 0 Å². The molecule has 2 aliphatic heterocycles. The lowest BCUT2D eigenvalue weighted by Gasteiger charge is -2.30. The van der Waals surface area contributed by atoms with E-state index in [9.17, 15) is 13.2 Å². The molecule has 0 aromatic heterocycles. The average Bonchev–Trinajstić information content (AvgIpc) is 2.95. The second-order valence-electron chi connectivity index (χ2n) is 6.71. The van der Waals surface area contributed by atoms with Crippen molar-refractivity contribution in [2.24, 2.45) is 0 Å². The zero-order valence-corrected chi connectivity index (χ0v) is 15.9. The molecule has 2 aromatic carbocycles. The minimum atomic E-state index is -3.80. The van der Waals surface area contributed by atoms with Crippen LogP contribution in [0, 0.1) is 0 Å². The molecule has 2 N–H and O–H groups in total. The van der Waals surface area contributed by atoms with Gasteiger partial charge in [-0.2, -0.15) is 0 Å². The normalized spacial score (nSPS) is 20.7. The Morgan fingerprint density at radius 3 is 2.39 bits per heavy atom. The van der Waals surface area contributed by atoms with E-state index in [0.717, 1.165) is 18.8 Å². The van der Waals surface area contributed by atoms with Crippen LogP contribution in [-0.2, 0) is 19.6 Å². The number of hydroxylamine groups is 1. The topological polar surface area (TPSA) is 99.2 Å². The molecule has 0 radical (unpaired) electrons. The summed E-state index contributed by atoms with van der Waals surface area (Å²) >= 11 is 0. The standard InChI is InChI=1S/C19H21N3O5S/c23-19(20-24)13-17-16-3-1-2-4-18(16)28(25,26)22(17)15-7-5-14(6-8-15)21-9-11-27-12-10-21/h1-8,17,24H,9-13H2,(H,20,23). The molecule has 1 atom stereocenters. The highest BCUT2D eigenvalue weighted by Crippen LogP contribution is 2.44. The summed E-state index contributed by atoms with van der Waals surface area (Å²) < 4.78 is 32.9. The van der Waals surface area contributed by atoms with Crippen molar-refractivity contribution in [3.05, 3.63) is 54.1 Å². The number of carbonyl (C=O) groups is 1. The van der Waals surface area contributed by atoms with Crippen molar-refractivity contribution >= 4 is 27.3 Å². The van der Waals surface area contributed by atoms with Gasteiger partial charge in [-0.25, -0.2) is 13.9 Å². The molecule has 148 valence electrons. The molecule has 1 unspecified atom stereocenters. The van der Waals surface area contributed by atoms with Crippen molar-refractivity contribution in [3.63, 3.8) is 0 Å². The van der Waals surface area contributed by atoms with Crippen LogP contribution in [0.25, 0.3) is 0 Å². The van der Waals surface area contributed by atoms with Gasteiger partial charge in [0.15, 0.2) is 0 Å². The number of ether oxygens (including phenoxy) is 1. The maximum absolute atomic E-state index is 13.2. The molecule has 1 amide bonds. The third-order valence-corrected chi connectivity index (χ3v) is 6.99. The molecule has 2 aromatic rings. The molecular formula is C19H21N3O5S. The van der Waals surface area contributed by atoms with Gasteiger partial charge < -0.3 is 9.64 Å². The summed E-state index contributed by atoms with van der Waals surface area (Å²) in [5, 5.41) is 8.93. The Hall–Kier alpha value is -2.62. The number of nitrogens with zero attached hydrogens (tertiary/aromatic N) is 2. The van der Waals surface area contributed by atoms with Crippen molar-refractivity contribution < 1.29 is 23.2 Å². The summed E-state index contributed by atoms with van der Waals surface area (Å²) in [6, 6.07) is 13.2. The number of anilines is 2. The highest BCUT2D eigenvalue weighted by Gasteiger charge is 2.43. The van der Waals surface area contributed by atoms with Gasteiger partial charge in [0.25, 0.3) is 10.0 Å². The summed E-state index contributed by atoms with van der Waals surface area (Å²) in [4.78, 5) is 14.2. The Kier molecular flexibility index (Phi) is 4.96. The first kappa shape index (κ1) is 18.7. The van der Waals surface area contributed by atoms with E-state index in [4.69, 9.17) is 9.94 Å². The van der Waals surface area contributed by atoms with Crippen LogP contribution < -0.4 is 14.7 Å². The van der Waals surface area contributed by atoms with Crippen LogP contribution >= 0.6 is 0 Å². The Balaban J connectivity index is 1.71. The van der Waals surface area contributed by atoms with Crippen LogP contribution in [-0.4, -0.2) is 45.8 Å². The number of benzene rings is 2. The summed E-state index contributed by atoms with van der Waals surface area (Å²) in [6.07, 6.45) is -0.183. The first-order valence-electron chi connectivity index (χ1n) is 9.01. The van der Waals surface area contributed by atoms with E-state index in [0.29, 0.717) is 24.5 Å². The van der Waals surface area contributed by atoms with Gasteiger partial charge in [-0.3, -0.25) is 14.3 Å². The first-order chi connectivity index (χ1) is 13.5. The highest BCUT2D eigenvalue weighted by atomic mass is 32.2. The van der Waals surface area contributed by atoms with Gasteiger partial charge in [0.05, 0.1) is 36.3 Å². The third kappa shape index (κ3) is 3.21. The van der Waals surface area contributed by atoms with Crippen molar-refractivity contribution in [2.45, 2.75) is 17.4 Å². The second-order valence-corrected chi connectivity index (χ2v) is 8.49. The minimum Gasteiger partial charge on any atom is -0.378 e. The molecule has 2 aliphatic rings. The van der Waals surface area contributed by atoms with Crippen LogP contribution in [0.1, 0.15) is 18.0 Å². The van der Waals surface area contributed by atoms with Crippen LogP contribution in [0.2, 0.25) is 0 Å². The van der Waals surface area contributed by atoms with Gasteiger partial charge in [0.2, 0.25) is 5.91 Å². The Labute approximate surface area is 163 Å². The summed E-state index contributed by atoms with van der Waals surface area (Å²) in [5.74, 6) is -0.646. The maximum Gasteiger partial charge on any atom is 0.265 e. The smallest absolute Gasteiger partial charge is 0.265 e. The zero-order valence-electron chi connectivity index (χ0n) is 15.1. The lowest BCUT2D eigenvalue weighted by atomic mass is 10.0. The fourth-order valence-corrected chi connectivity index (χ4v) is 5.64. The molecule has 28 heavy (non-hydrogen) atoms. The number of rotatable bonds is 4. The number of carbonyl (C=O) groups excluding carboxylic acids is 1. The molecule has 1 fully saturated rings. The van der Waals surface area contributed by atoms with Crippen molar-refractivity contribution in [1.82, 2.24) is 5.48 Å². The van der Waals surface area contributed by atoms with E-state index in [-0.39, 0.29) is 11.3 Å². The van der Waals surface area contributed by atoms with Crippen molar-refractivity contribution in [1.29, 1.82) is 0 Å². The van der Waals surface area contributed by atoms with Gasteiger partial charge in [-0.15, -0.1) is 0 Å². The van der Waals surface area contributed by atoms with E-state index in [1.807, 2.05) is 12.1 Å². The molecule has 0 bridgehead atoms. The monoisotopic (exact) mass is 403 g/mol. The van der Waals surface area contributed by atoms with E-state index < -0.39 is 22.0 Å². The SMILES string of the molecule is O=C(CC1c2ccccc2S(=O)(=O)N1c1ccc(N2CCOCC2)cc1)NO. The predicted molar refractivity (Wildman–Crippen MR) is 103 cm³/mol. The van der Waals surface area contributed by atoms with Gasteiger partial charge in [-0.05, 0) is 35.9 Å². The van der Waals surface area contributed by atoms with Gasteiger partial charge in [0.1, 0.15) is 0 Å². The number of hydrogen-bond acceptors (Lipinski definition) is 6. The van der Waals surface area contributed by atoms with Crippen LogP contribution in [0.3, 0.4) is 0 Å². The molecule has 8 nitrogen and oxygen atoms in total. The van der Waals surface area contributed by atoms with Gasteiger partial charge in [0, 0.05) is 18.8 Å². The van der Waals surface area contributed by atoms with Crippen molar-refractivity contribution in [3.8, 4) is 0 Å². The van der Waals surface area contributed by atoms with Gasteiger partial charge in [-0.1, -0.05) is 18.2 Å². The summed E-state index contributed by atoms with van der Waals surface area (Å²) in [7, 11) is -3.80. The molecule has 0 saturated carbocycles. The fourth-order valence-electron chi connectivity index (χ4n) is 3.76. The fraction of sp³-hybridized carbons (Fsp3) is 0.316. The quantitative estimate of drug-likeness (QED) is 0.595. The molecule has 1 saturated heterocycles. The molecule has 2 heterocycles. The first-order valence-corrected chi connectivity index (χ1v) is 10.5. The third-order valence-electron chi connectivity index (χ3n) is 5.08. The zero-order chi connectivity index (χ0) is 19.7. The Morgan fingerprint density at radius 2 is 1.71 bits per heavy atom. The van der Waals surface area contributed by atoms with Crippen LogP contribution in [0.5, 0.6) is 0 Å². The van der Waals surface area contributed by atoms with Crippen molar-refractivity contribution in [2.75, 3.05) is 35.5 Å². The second kappa shape index (κ2) is 7.42. The minimum absolute atomic E-state index is 0.183. The summed E-state index contributed by atoms with van der Waals surface area (Å²) in [5.41, 5.74) is 3.61. The Bertz CT molecular complexity index is 971. The van der Waals surface area contributed by atoms with E-state index in [2.05, 4.69) is 4.90 Å².